The van der Waals surface area contributed by atoms with Crippen molar-refractivity contribution in [1.29, 1.82) is 0 Å². The van der Waals surface area contributed by atoms with E-state index < -0.39 is 0 Å². The van der Waals surface area contributed by atoms with E-state index in [0.29, 0.717) is 0 Å². The first-order valence-electron chi connectivity index (χ1n) is 4.88. The number of aromatic nitrogens is 2. The molecule has 12 heavy (non-hydrogen) atoms. The van der Waals surface area contributed by atoms with Gasteiger partial charge in [-0.1, -0.05) is 20.8 Å². The number of hydrogen-bond acceptors (Lipinski definition) is 1. The van der Waals surface area contributed by atoms with E-state index in [9.17, 15) is 0 Å². The number of imidazole rings is 1. The Morgan fingerprint density at radius 1 is 1.17 bits per heavy atom. The van der Waals surface area contributed by atoms with Crippen molar-refractivity contribution in [2.24, 2.45) is 0 Å². The van der Waals surface area contributed by atoms with Crippen LogP contribution in [0.15, 0.2) is 0 Å². The van der Waals surface area contributed by atoms with Crippen LogP contribution in [0.3, 0.4) is 0 Å². The Balaban J connectivity index is 2.81. The van der Waals surface area contributed by atoms with Crippen molar-refractivity contribution in [3.63, 3.8) is 0 Å². The van der Waals surface area contributed by atoms with E-state index in [-0.39, 0.29) is 0 Å². The number of aryl methyl sites for hydroxylation is 3. The van der Waals surface area contributed by atoms with Gasteiger partial charge >= 0.3 is 0 Å². The maximum atomic E-state index is 4.53. The maximum Gasteiger partial charge on any atom is 0.106 e. The van der Waals surface area contributed by atoms with Gasteiger partial charge in [0.1, 0.15) is 5.82 Å². The second kappa shape index (κ2) is 4.29. The molecule has 2 nitrogen and oxygen atoms in total. The summed E-state index contributed by atoms with van der Waals surface area (Å²) in [6.45, 7) is 6.51. The molecule has 0 unspecified atom stereocenters. The lowest BCUT2D eigenvalue weighted by atomic mass is 10.2. The smallest absolute Gasteiger partial charge is 0.106 e. The third kappa shape index (κ3) is 1.87. The molecule has 0 saturated carbocycles. The van der Waals surface area contributed by atoms with Crippen molar-refractivity contribution in [3.05, 3.63) is 17.2 Å². The van der Waals surface area contributed by atoms with Crippen molar-refractivity contribution in [1.82, 2.24) is 9.97 Å². The van der Waals surface area contributed by atoms with E-state index in [1.165, 1.54) is 17.8 Å². The van der Waals surface area contributed by atoms with Crippen LogP contribution in [0.4, 0.5) is 0 Å². The predicted molar refractivity (Wildman–Crippen MR) is 51.3 cm³/mol. The summed E-state index contributed by atoms with van der Waals surface area (Å²) in [6.07, 6.45) is 4.36. The molecule has 1 aromatic heterocycles. The number of rotatable bonds is 4. The largest absolute Gasteiger partial charge is 0.346 e. The first-order valence-corrected chi connectivity index (χ1v) is 4.88. The molecule has 0 atom stereocenters. The molecule has 0 radical (unpaired) electrons. The molecule has 0 aliphatic heterocycles. The molecule has 1 heterocycles. The first kappa shape index (κ1) is 9.30. The highest BCUT2D eigenvalue weighted by molar-refractivity contribution is 5.14. The van der Waals surface area contributed by atoms with Gasteiger partial charge in [0.05, 0.1) is 5.69 Å². The topological polar surface area (TPSA) is 28.7 Å². The molecule has 68 valence electrons. The third-order valence-electron chi connectivity index (χ3n) is 2.09. The molecule has 1 rings (SSSR count). The van der Waals surface area contributed by atoms with Crippen LogP contribution in [0.2, 0.25) is 0 Å². The summed E-state index contributed by atoms with van der Waals surface area (Å²) in [6, 6.07) is 0. The van der Waals surface area contributed by atoms with Crippen LogP contribution in [0.25, 0.3) is 0 Å². The summed E-state index contributed by atoms with van der Waals surface area (Å²) in [5.41, 5.74) is 2.57. The first-order chi connectivity index (χ1) is 5.81. The van der Waals surface area contributed by atoms with Gasteiger partial charge in [0.15, 0.2) is 0 Å². The lowest BCUT2D eigenvalue weighted by molar-refractivity contribution is 0.847. The molecule has 0 amide bonds. The second-order valence-electron chi connectivity index (χ2n) is 3.07. The number of nitrogens with one attached hydrogen (secondary N) is 1. The fraction of sp³-hybridized carbons (Fsp3) is 0.700. The molecule has 0 aromatic carbocycles. The summed E-state index contributed by atoms with van der Waals surface area (Å²) in [5, 5.41) is 0. The molecule has 0 aliphatic rings. The number of aromatic amines is 1. The molecule has 0 aliphatic carbocycles. The van der Waals surface area contributed by atoms with Crippen molar-refractivity contribution in [2.45, 2.75) is 46.5 Å². The Labute approximate surface area is 74.4 Å². The SMILES string of the molecule is CCCc1nc(CC)c(CC)[nH]1. The van der Waals surface area contributed by atoms with Crippen molar-refractivity contribution in [3.8, 4) is 0 Å². The highest BCUT2D eigenvalue weighted by Crippen LogP contribution is 2.08. The van der Waals surface area contributed by atoms with Gasteiger partial charge in [-0.15, -0.1) is 0 Å². The van der Waals surface area contributed by atoms with Gasteiger partial charge in [-0.05, 0) is 19.3 Å². The number of nitrogens with zero attached hydrogens (tertiary/aromatic N) is 1. The van der Waals surface area contributed by atoms with Gasteiger partial charge < -0.3 is 4.98 Å². The van der Waals surface area contributed by atoms with E-state index in [4.69, 9.17) is 0 Å². The van der Waals surface area contributed by atoms with Crippen LogP contribution in [0, 0.1) is 0 Å². The highest BCUT2D eigenvalue weighted by Gasteiger charge is 2.05. The van der Waals surface area contributed by atoms with E-state index >= 15 is 0 Å². The zero-order chi connectivity index (χ0) is 8.97. The molecular formula is C10H18N2. The Hall–Kier alpha value is -0.790. The van der Waals surface area contributed by atoms with E-state index in [0.717, 1.165) is 25.1 Å². The zero-order valence-corrected chi connectivity index (χ0v) is 8.28. The predicted octanol–water partition coefficient (Wildman–Crippen LogP) is 2.49. The highest BCUT2D eigenvalue weighted by atomic mass is 14.9. The molecule has 0 fully saturated rings. The number of hydrogen-bond donors (Lipinski definition) is 1. The maximum absolute atomic E-state index is 4.53. The molecule has 2 heteroatoms. The van der Waals surface area contributed by atoms with Gasteiger partial charge in [0.25, 0.3) is 0 Å². The van der Waals surface area contributed by atoms with Gasteiger partial charge in [0.2, 0.25) is 0 Å². The second-order valence-corrected chi connectivity index (χ2v) is 3.07. The van der Waals surface area contributed by atoms with Gasteiger partial charge in [-0.25, -0.2) is 4.98 Å². The summed E-state index contributed by atoms with van der Waals surface area (Å²) >= 11 is 0. The minimum atomic E-state index is 1.05. The third-order valence-corrected chi connectivity index (χ3v) is 2.09. The van der Waals surface area contributed by atoms with Crippen molar-refractivity contribution < 1.29 is 0 Å². The summed E-state index contributed by atoms with van der Waals surface area (Å²) in [5.74, 6) is 1.16. The molecule has 0 spiro atoms. The quantitative estimate of drug-likeness (QED) is 0.731. The normalized spacial score (nSPS) is 10.6. The Bertz CT molecular complexity index is 216. The standard InChI is InChI=1S/C10H18N2/c1-4-7-10-11-8(5-2)9(6-3)12-10/h4-7H2,1-3H3,(H,11,12). The van der Waals surface area contributed by atoms with Gasteiger partial charge in [-0.3, -0.25) is 0 Å². The van der Waals surface area contributed by atoms with Crippen molar-refractivity contribution >= 4 is 0 Å². The van der Waals surface area contributed by atoms with Crippen molar-refractivity contribution in [2.75, 3.05) is 0 Å². The van der Waals surface area contributed by atoms with Crippen LogP contribution in [-0.2, 0) is 19.3 Å². The monoisotopic (exact) mass is 166 g/mol. The summed E-state index contributed by atoms with van der Waals surface area (Å²) in [4.78, 5) is 7.91. The van der Waals surface area contributed by atoms with Crippen LogP contribution < -0.4 is 0 Å². The fourth-order valence-electron chi connectivity index (χ4n) is 1.44. The Morgan fingerprint density at radius 2 is 1.92 bits per heavy atom. The van der Waals surface area contributed by atoms with Crippen LogP contribution in [-0.4, -0.2) is 9.97 Å². The molecular weight excluding hydrogens is 148 g/mol. The summed E-state index contributed by atoms with van der Waals surface area (Å²) < 4.78 is 0. The molecule has 0 saturated heterocycles. The van der Waals surface area contributed by atoms with E-state index in [1.807, 2.05) is 0 Å². The van der Waals surface area contributed by atoms with Gasteiger partial charge in [-0.2, -0.15) is 0 Å². The fourth-order valence-corrected chi connectivity index (χ4v) is 1.44. The average molecular weight is 166 g/mol. The Morgan fingerprint density at radius 3 is 2.33 bits per heavy atom. The lowest BCUT2D eigenvalue weighted by Crippen LogP contribution is -1.87. The van der Waals surface area contributed by atoms with Crippen LogP contribution in [0.1, 0.15) is 44.4 Å². The Kier molecular flexibility index (Phi) is 3.32. The van der Waals surface area contributed by atoms with E-state index in [2.05, 4.69) is 30.7 Å². The number of H-pyrrole nitrogens is 1. The molecule has 1 aromatic rings. The minimum absolute atomic E-state index is 1.05. The summed E-state index contributed by atoms with van der Waals surface area (Å²) in [7, 11) is 0. The van der Waals surface area contributed by atoms with E-state index in [1.54, 1.807) is 0 Å². The average Bonchev–Trinajstić information content (AvgIpc) is 2.48. The lowest BCUT2D eigenvalue weighted by Gasteiger charge is -1.92. The molecule has 0 bridgehead atoms. The molecule has 1 N–H and O–H groups in total. The van der Waals surface area contributed by atoms with Gasteiger partial charge in [0, 0.05) is 12.1 Å². The van der Waals surface area contributed by atoms with Crippen LogP contribution >= 0.6 is 0 Å². The van der Waals surface area contributed by atoms with Crippen LogP contribution in [0.5, 0.6) is 0 Å². The zero-order valence-electron chi connectivity index (χ0n) is 8.28. The minimum Gasteiger partial charge on any atom is -0.346 e.